The number of aromatic nitrogens is 2. The van der Waals surface area contributed by atoms with E-state index in [1.807, 2.05) is 66.4 Å². The van der Waals surface area contributed by atoms with Gasteiger partial charge >= 0.3 is 0 Å². The molecule has 6 heteroatoms. The second-order valence-corrected chi connectivity index (χ2v) is 7.84. The lowest BCUT2D eigenvalue weighted by atomic mass is 10.1. The highest BCUT2D eigenvalue weighted by atomic mass is 16.5. The molecule has 0 spiro atoms. The van der Waals surface area contributed by atoms with Crippen molar-refractivity contribution in [3.8, 4) is 11.4 Å². The molecule has 30 heavy (non-hydrogen) atoms. The van der Waals surface area contributed by atoms with Gasteiger partial charge in [-0.3, -0.25) is 4.79 Å². The molecule has 0 aliphatic rings. The van der Waals surface area contributed by atoms with E-state index in [0.717, 1.165) is 16.7 Å². The van der Waals surface area contributed by atoms with Gasteiger partial charge in [0.15, 0.2) is 0 Å². The van der Waals surface area contributed by atoms with Crippen molar-refractivity contribution < 1.29 is 14.1 Å². The minimum atomic E-state index is -0.0296. The van der Waals surface area contributed by atoms with Gasteiger partial charge in [0.05, 0.1) is 6.61 Å². The van der Waals surface area contributed by atoms with Crippen LogP contribution >= 0.6 is 0 Å². The maximum Gasteiger partial charge on any atom is 0.248 e. The van der Waals surface area contributed by atoms with E-state index in [1.165, 1.54) is 0 Å². The summed E-state index contributed by atoms with van der Waals surface area (Å²) in [6.07, 6.45) is 0.510. The minimum absolute atomic E-state index is 0.0296. The van der Waals surface area contributed by atoms with E-state index in [0.29, 0.717) is 43.8 Å². The first-order chi connectivity index (χ1) is 14.5. The fourth-order valence-corrected chi connectivity index (χ4v) is 3.17. The van der Waals surface area contributed by atoms with Gasteiger partial charge in [-0.1, -0.05) is 73.1 Å². The molecule has 0 bridgehead atoms. The maximum absolute atomic E-state index is 12.7. The average molecular weight is 408 g/mol. The fraction of sp³-hybridized carbons (Fsp3) is 0.375. The molecule has 0 saturated carbocycles. The van der Waals surface area contributed by atoms with Crippen LogP contribution in [0, 0.1) is 12.8 Å². The number of nitrogens with zero attached hydrogens (tertiary/aromatic N) is 3. The average Bonchev–Trinajstić information content (AvgIpc) is 3.20. The van der Waals surface area contributed by atoms with Crippen molar-refractivity contribution in [3.05, 3.63) is 71.6 Å². The summed E-state index contributed by atoms with van der Waals surface area (Å²) in [7, 11) is 0. The minimum Gasteiger partial charge on any atom is -0.367 e. The number of hydrogen-bond acceptors (Lipinski definition) is 5. The third-order valence-corrected chi connectivity index (χ3v) is 4.62. The van der Waals surface area contributed by atoms with Gasteiger partial charge in [-0.25, -0.2) is 0 Å². The van der Waals surface area contributed by atoms with Crippen LogP contribution in [0.5, 0.6) is 0 Å². The van der Waals surface area contributed by atoms with Gasteiger partial charge in [-0.05, 0) is 24.5 Å². The zero-order valence-electron chi connectivity index (χ0n) is 17.9. The van der Waals surface area contributed by atoms with Crippen molar-refractivity contribution in [2.45, 2.75) is 33.8 Å². The summed E-state index contributed by atoms with van der Waals surface area (Å²) in [5, 5.41) is 4.08. The van der Waals surface area contributed by atoms with E-state index in [-0.39, 0.29) is 12.5 Å². The van der Waals surface area contributed by atoms with E-state index in [9.17, 15) is 4.79 Å². The molecule has 3 rings (SSSR count). The number of hydrogen-bond donors (Lipinski definition) is 0. The molecular formula is C24H29N3O3. The van der Waals surface area contributed by atoms with Crippen LogP contribution in [-0.2, 0) is 22.6 Å². The van der Waals surface area contributed by atoms with Crippen LogP contribution in [0.3, 0.4) is 0 Å². The number of carbonyl (C=O) groups is 1. The van der Waals surface area contributed by atoms with Gasteiger partial charge < -0.3 is 14.2 Å². The Kier molecular flexibility index (Phi) is 7.74. The van der Waals surface area contributed by atoms with Gasteiger partial charge in [-0.2, -0.15) is 4.98 Å². The number of rotatable bonds is 10. The molecule has 1 heterocycles. The molecule has 0 radical (unpaired) electrons. The Balaban J connectivity index is 1.55. The Morgan fingerprint density at radius 1 is 1.13 bits per heavy atom. The zero-order valence-corrected chi connectivity index (χ0v) is 17.9. The third-order valence-electron chi connectivity index (χ3n) is 4.62. The van der Waals surface area contributed by atoms with Crippen LogP contribution in [-0.4, -0.2) is 40.6 Å². The van der Waals surface area contributed by atoms with Gasteiger partial charge in [0.25, 0.3) is 0 Å². The molecule has 1 aromatic heterocycles. The van der Waals surface area contributed by atoms with E-state index in [2.05, 4.69) is 24.0 Å². The molecule has 2 aromatic carbocycles. The van der Waals surface area contributed by atoms with Crippen LogP contribution in [0.4, 0.5) is 0 Å². The highest BCUT2D eigenvalue weighted by Gasteiger charge is 2.17. The first kappa shape index (κ1) is 21.7. The number of ether oxygens (including phenoxy) is 1. The normalized spacial score (nSPS) is 11.1. The number of aryl methyl sites for hydroxylation is 1. The van der Waals surface area contributed by atoms with E-state index in [4.69, 9.17) is 9.26 Å². The predicted octanol–water partition coefficient (Wildman–Crippen LogP) is 4.29. The fourth-order valence-electron chi connectivity index (χ4n) is 3.17. The molecule has 0 unspecified atom stereocenters. The number of benzene rings is 2. The Morgan fingerprint density at radius 2 is 1.93 bits per heavy atom. The van der Waals surface area contributed by atoms with Gasteiger partial charge in [0.1, 0.15) is 6.61 Å². The number of amides is 1. The summed E-state index contributed by atoms with van der Waals surface area (Å²) < 4.78 is 11.0. The third kappa shape index (κ3) is 6.52. The molecule has 3 aromatic rings. The second-order valence-electron chi connectivity index (χ2n) is 7.84. The predicted molar refractivity (Wildman–Crippen MR) is 116 cm³/mol. The van der Waals surface area contributed by atoms with Crippen LogP contribution in [0.25, 0.3) is 11.4 Å². The quantitative estimate of drug-likeness (QED) is 0.501. The van der Waals surface area contributed by atoms with Crippen molar-refractivity contribution in [2.24, 2.45) is 5.92 Å². The first-order valence-corrected chi connectivity index (χ1v) is 10.3. The maximum atomic E-state index is 12.7. The topological polar surface area (TPSA) is 68.5 Å². The Bertz CT molecular complexity index is 938. The van der Waals surface area contributed by atoms with Crippen molar-refractivity contribution in [1.29, 1.82) is 0 Å². The lowest BCUT2D eigenvalue weighted by Crippen LogP contribution is -2.38. The molecule has 158 valence electrons. The molecule has 0 atom stereocenters. The van der Waals surface area contributed by atoms with Gasteiger partial charge in [0, 0.05) is 25.1 Å². The molecule has 0 aliphatic carbocycles. The molecule has 0 fully saturated rings. The highest BCUT2D eigenvalue weighted by molar-refractivity contribution is 5.77. The number of carbonyl (C=O) groups excluding carboxylic acids is 1. The summed E-state index contributed by atoms with van der Waals surface area (Å²) in [4.78, 5) is 19.0. The van der Waals surface area contributed by atoms with Crippen LogP contribution < -0.4 is 0 Å². The van der Waals surface area contributed by atoms with Crippen molar-refractivity contribution >= 4 is 5.91 Å². The second kappa shape index (κ2) is 10.7. The van der Waals surface area contributed by atoms with E-state index in [1.54, 1.807) is 0 Å². The summed E-state index contributed by atoms with van der Waals surface area (Å²) in [5.74, 6) is 1.42. The molecule has 0 aliphatic heterocycles. The van der Waals surface area contributed by atoms with Crippen LogP contribution in [0.1, 0.15) is 30.9 Å². The Labute approximate surface area is 177 Å². The van der Waals surface area contributed by atoms with Gasteiger partial charge in [-0.15, -0.1) is 0 Å². The largest absolute Gasteiger partial charge is 0.367 e. The summed E-state index contributed by atoms with van der Waals surface area (Å²) in [6, 6.07) is 17.8. The Morgan fingerprint density at radius 3 is 2.67 bits per heavy atom. The molecule has 1 amide bonds. The highest BCUT2D eigenvalue weighted by Crippen LogP contribution is 2.17. The Hall–Kier alpha value is -2.99. The van der Waals surface area contributed by atoms with Gasteiger partial charge in [0.2, 0.25) is 17.6 Å². The van der Waals surface area contributed by atoms with Crippen LogP contribution in [0.15, 0.2) is 59.1 Å². The standard InChI is InChI=1S/C24H29N3O3/c1-18(2)15-27(23(28)17-29-16-20-9-5-4-6-10-20)13-12-22-25-24(26-30-22)21-11-7-8-19(3)14-21/h4-11,14,18H,12-13,15-17H2,1-3H3. The van der Waals surface area contributed by atoms with Crippen molar-refractivity contribution in [3.63, 3.8) is 0 Å². The van der Waals surface area contributed by atoms with Crippen molar-refractivity contribution in [2.75, 3.05) is 19.7 Å². The van der Waals surface area contributed by atoms with Crippen LogP contribution in [0.2, 0.25) is 0 Å². The van der Waals surface area contributed by atoms with E-state index < -0.39 is 0 Å². The zero-order chi connectivity index (χ0) is 21.3. The first-order valence-electron chi connectivity index (χ1n) is 10.3. The summed E-state index contributed by atoms with van der Waals surface area (Å²) in [5.41, 5.74) is 3.12. The lowest BCUT2D eigenvalue weighted by Gasteiger charge is -2.24. The molecule has 0 saturated heterocycles. The molecule has 0 N–H and O–H groups in total. The van der Waals surface area contributed by atoms with Crippen molar-refractivity contribution in [1.82, 2.24) is 15.0 Å². The monoisotopic (exact) mass is 407 g/mol. The smallest absolute Gasteiger partial charge is 0.248 e. The van der Waals surface area contributed by atoms with E-state index >= 15 is 0 Å². The summed E-state index contributed by atoms with van der Waals surface area (Å²) >= 11 is 0. The molecular weight excluding hydrogens is 378 g/mol. The lowest BCUT2D eigenvalue weighted by molar-refractivity contribution is -0.137. The molecule has 6 nitrogen and oxygen atoms in total. The summed E-state index contributed by atoms with van der Waals surface area (Å²) in [6.45, 7) is 7.86. The SMILES string of the molecule is Cc1cccc(-c2noc(CCN(CC(C)C)C(=O)COCc3ccccc3)n2)c1.